The number of hydrogen-bond acceptors (Lipinski definition) is 2. The summed E-state index contributed by atoms with van der Waals surface area (Å²) in [7, 11) is 0. The van der Waals surface area contributed by atoms with Gasteiger partial charge in [-0.1, -0.05) is 42.4 Å². The second-order valence-corrected chi connectivity index (χ2v) is 8.96. The molecule has 1 aliphatic rings. The lowest BCUT2D eigenvalue weighted by atomic mass is 9.78. The van der Waals surface area contributed by atoms with Gasteiger partial charge in [0, 0.05) is 18.3 Å². The van der Waals surface area contributed by atoms with Crippen LogP contribution in [-0.2, 0) is 18.1 Å². The van der Waals surface area contributed by atoms with Crippen molar-refractivity contribution in [2.45, 2.75) is 37.9 Å². The molecule has 1 atom stereocenters. The molecule has 1 N–H and O–H groups in total. The maximum atomic E-state index is 14.6. The highest BCUT2D eigenvalue weighted by molar-refractivity contribution is 6.30. The molecular weight excluding hydrogens is 452 g/mol. The number of aryl methyl sites for hydroxylation is 1. The zero-order chi connectivity index (χ0) is 23.8. The molecule has 0 bridgehead atoms. The molecule has 33 heavy (non-hydrogen) atoms. The highest BCUT2D eigenvalue weighted by Gasteiger charge is 2.41. The maximum Gasteiger partial charge on any atom is 0.416 e. The van der Waals surface area contributed by atoms with E-state index in [1.165, 1.54) is 6.20 Å². The van der Waals surface area contributed by atoms with Crippen molar-refractivity contribution < 1.29 is 17.6 Å². The van der Waals surface area contributed by atoms with Crippen molar-refractivity contribution in [1.82, 2.24) is 10.3 Å². The first-order chi connectivity index (χ1) is 15.6. The molecule has 0 aliphatic heterocycles. The van der Waals surface area contributed by atoms with Gasteiger partial charge in [-0.25, -0.2) is 4.39 Å². The Morgan fingerprint density at radius 1 is 1.09 bits per heavy atom. The maximum absolute atomic E-state index is 14.6. The molecule has 172 valence electrons. The first-order valence-corrected chi connectivity index (χ1v) is 11.0. The smallest absolute Gasteiger partial charge is 0.374 e. The molecule has 1 aromatic heterocycles. The monoisotopic (exact) mass is 474 g/mol. The third-order valence-corrected chi connectivity index (χ3v) is 6.27. The van der Waals surface area contributed by atoms with Crippen molar-refractivity contribution in [2.24, 2.45) is 5.92 Å². The van der Waals surface area contributed by atoms with E-state index in [-0.39, 0.29) is 17.9 Å². The molecule has 1 aliphatic carbocycles. The van der Waals surface area contributed by atoms with Crippen LogP contribution in [0.2, 0.25) is 5.02 Å². The van der Waals surface area contributed by atoms with Crippen molar-refractivity contribution in [3.8, 4) is 0 Å². The van der Waals surface area contributed by atoms with Crippen LogP contribution in [0.4, 0.5) is 17.6 Å². The van der Waals surface area contributed by atoms with Gasteiger partial charge >= 0.3 is 6.18 Å². The van der Waals surface area contributed by atoms with Crippen LogP contribution in [0.3, 0.4) is 0 Å². The number of alkyl halides is 3. The first kappa shape index (κ1) is 23.3. The normalized spacial score (nSPS) is 15.7. The summed E-state index contributed by atoms with van der Waals surface area (Å²) in [6.45, 7) is 6.08. The number of rotatable bonds is 7. The molecule has 0 saturated heterocycles. The van der Waals surface area contributed by atoms with Gasteiger partial charge in [-0.3, -0.25) is 4.98 Å². The number of hydrogen-bond donors (Lipinski definition) is 1. The largest absolute Gasteiger partial charge is 0.416 e. The van der Waals surface area contributed by atoms with Crippen LogP contribution in [0.25, 0.3) is 0 Å². The Hall–Kier alpha value is -2.86. The van der Waals surface area contributed by atoms with Gasteiger partial charge in [0.15, 0.2) is 0 Å². The van der Waals surface area contributed by atoms with Crippen molar-refractivity contribution in [2.75, 3.05) is 0 Å². The average Bonchev–Trinajstić information content (AvgIpc) is 3.60. The third kappa shape index (κ3) is 5.06. The molecule has 2 aromatic carbocycles. The van der Waals surface area contributed by atoms with Crippen LogP contribution in [0.5, 0.6) is 0 Å². The summed E-state index contributed by atoms with van der Waals surface area (Å²) < 4.78 is 55.5. The van der Waals surface area contributed by atoms with Crippen LogP contribution in [0.1, 0.15) is 40.8 Å². The van der Waals surface area contributed by atoms with Crippen LogP contribution in [0.15, 0.2) is 73.1 Å². The van der Waals surface area contributed by atoms with E-state index in [0.29, 0.717) is 22.5 Å². The van der Waals surface area contributed by atoms with Gasteiger partial charge in [-0.2, -0.15) is 13.2 Å². The molecule has 0 spiro atoms. The Kier molecular flexibility index (Phi) is 6.23. The summed E-state index contributed by atoms with van der Waals surface area (Å²) in [5.41, 5.74) is 0.742. The zero-order valence-corrected chi connectivity index (χ0v) is 18.8. The van der Waals surface area contributed by atoms with Gasteiger partial charge in [0.25, 0.3) is 0 Å². The zero-order valence-electron chi connectivity index (χ0n) is 18.0. The van der Waals surface area contributed by atoms with Gasteiger partial charge in [-0.05, 0) is 72.7 Å². The highest BCUT2D eigenvalue weighted by atomic mass is 35.5. The molecule has 4 rings (SSSR count). The minimum absolute atomic E-state index is 0.120. The van der Waals surface area contributed by atoms with Crippen LogP contribution in [0, 0.1) is 18.7 Å². The lowest BCUT2D eigenvalue weighted by Gasteiger charge is -2.38. The van der Waals surface area contributed by atoms with Crippen molar-refractivity contribution in [3.63, 3.8) is 0 Å². The lowest BCUT2D eigenvalue weighted by molar-refractivity contribution is -0.137. The number of allylic oxidation sites excluding steroid dienone is 1. The molecular formula is C26H23ClF4N2. The minimum atomic E-state index is -4.70. The Labute approximate surface area is 195 Å². The Morgan fingerprint density at radius 3 is 2.39 bits per heavy atom. The highest BCUT2D eigenvalue weighted by Crippen LogP contribution is 2.42. The fourth-order valence-corrected chi connectivity index (χ4v) is 4.16. The molecule has 1 heterocycles. The van der Waals surface area contributed by atoms with E-state index in [0.717, 1.165) is 36.1 Å². The van der Waals surface area contributed by atoms with Gasteiger partial charge in [0.2, 0.25) is 0 Å². The number of pyridine rings is 1. The Morgan fingerprint density at radius 2 is 1.79 bits per heavy atom. The molecule has 1 saturated carbocycles. The summed E-state index contributed by atoms with van der Waals surface area (Å²) in [5, 5.41) is 3.78. The predicted molar refractivity (Wildman–Crippen MR) is 121 cm³/mol. The summed E-state index contributed by atoms with van der Waals surface area (Å²) >= 11 is 6.06. The first-order valence-electron chi connectivity index (χ1n) is 10.6. The summed E-state index contributed by atoms with van der Waals surface area (Å²) in [6, 6.07) is 13.5. The predicted octanol–water partition coefficient (Wildman–Crippen LogP) is 7.20. The fourth-order valence-electron chi connectivity index (χ4n) is 4.05. The van der Waals surface area contributed by atoms with E-state index in [1.54, 1.807) is 12.1 Å². The Bertz CT molecular complexity index is 1170. The molecule has 2 nitrogen and oxygen atoms in total. The number of nitrogens with one attached hydrogen (secondary N) is 1. The number of halogens is 5. The van der Waals surface area contributed by atoms with Gasteiger partial charge in [-0.15, -0.1) is 0 Å². The number of benzene rings is 2. The standard InChI is InChI=1S/C26H23ClF4N2/c1-16-5-3-4-6-19(16)14-25(33-17(2)18-7-8-18,24-10-9-22(27)15-32-24)20-11-21(26(29,30)31)13-23(28)12-20/h3-6,9-13,15,18,33H,2,7-8,14H2,1H3/t25-/m0/s1. The van der Waals surface area contributed by atoms with E-state index in [1.807, 2.05) is 31.2 Å². The summed E-state index contributed by atoms with van der Waals surface area (Å²) in [6.07, 6.45) is -1.14. The van der Waals surface area contributed by atoms with Gasteiger partial charge in [0.1, 0.15) is 11.4 Å². The molecule has 1 fully saturated rings. The van der Waals surface area contributed by atoms with Crippen molar-refractivity contribution in [1.29, 1.82) is 0 Å². The van der Waals surface area contributed by atoms with Gasteiger partial charge in [0.05, 0.1) is 16.3 Å². The second kappa shape index (κ2) is 8.82. The van der Waals surface area contributed by atoms with Crippen molar-refractivity contribution >= 4 is 11.6 Å². The molecule has 7 heteroatoms. The molecule has 0 radical (unpaired) electrons. The quantitative estimate of drug-likeness (QED) is 0.366. The summed E-state index contributed by atoms with van der Waals surface area (Å²) in [5.74, 6) is -0.758. The minimum Gasteiger partial charge on any atom is -0.374 e. The van der Waals surface area contributed by atoms with E-state index < -0.39 is 23.1 Å². The lowest BCUT2D eigenvalue weighted by Crippen LogP contribution is -2.46. The number of nitrogens with zero attached hydrogens (tertiary/aromatic N) is 1. The molecule has 0 amide bonds. The number of aromatic nitrogens is 1. The summed E-state index contributed by atoms with van der Waals surface area (Å²) in [4.78, 5) is 4.47. The van der Waals surface area contributed by atoms with Crippen molar-refractivity contribution in [3.05, 3.63) is 112 Å². The SMILES string of the molecule is C=C(N[C@@](Cc1ccccc1C)(c1cc(F)cc(C(F)(F)F)c1)c1ccc(Cl)cn1)C1CC1. The Balaban J connectivity index is 1.98. The average molecular weight is 475 g/mol. The van der Waals surface area contributed by atoms with Crippen LogP contribution in [-0.4, -0.2) is 4.98 Å². The topological polar surface area (TPSA) is 24.9 Å². The third-order valence-electron chi connectivity index (χ3n) is 6.04. The van der Waals surface area contributed by atoms with E-state index in [4.69, 9.17) is 11.6 Å². The van der Waals surface area contributed by atoms with Gasteiger partial charge < -0.3 is 5.32 Å². The van der Waals surface area contributed by atoms with E-state index in [9.17, 15) is 17.6 Å². The van der Waals surface area contributed by atoms with E-state index in [2.05, 4.69) is 16.9 Å². The fraction of sp³-hybridized carbons (Fsp3) is 0.269. The van der Waals surface area contributed by atoms with Crippen LogP contribution < -0.4 is 5.32 Å². The molecule has 3 aromatic rings. The molecule has 0 unspecified atom stereocenters. The second-order valence-electron chi connectivity index (χ2n) is 8.52. The van der Waals surface area contributed by atoms with Crippen LogP contribution >= 0.6 is 11.6 Å². The van der Waals surface area contributed by atoms with E-state index >= 15 is 0 Å².